The Morgan fingerprint density at radius 1 is 1.79 bits per heavy atom. The number of carbonyl (C=O) groups is 1. The van der Waals surface area contributed by atoms with Gasteiger partial charge in [-0.3, -0.25) is 4.79 Å². The van der Waals surface area contributed by atoms with E-state index in [1.807, 2.05) is 4.90 Å². The number of nitrogens with two attached hydrogens (primary N) is 1. The van der Waals surface area contributed by atoms with Gasteiger partial charge in [-0.15, -0.1) is 5.10 Å². The smallest absolute Gasteiger partial charge is 0.267 e. The molecule has 1 atom stereocenters. The molecule has 1 fully saturated rings. The van der Waals surface area contributed by atoms with E-state index in [9.17, 15) is 4.79 Å². The number of hydrogen-bond donors (Lipinski definition) is 1. The number of carbonyl (C=O) groups excluding carboxylic acids is 1. The van der Waals surface area contributed by atoms with Crippen LogP contribution in [0.1, 0.15) is 22.5 Å². The topological polar surface area (TPSA) is 72.1 Å². The van der Waals surface area contributed by atoms with Crippen molar-refractivity contribution in [1.82, 2.24) is 14.5 Å². The zero-order chi connectivity index (χ0) is 9.97. The average molecular weight is 212 g/mol. The molecule has 14 heavy (non-hydrogen) atoms. The first-order valence-electron chi connectivity index (χ1n) is 4.61. The van der Waals surface area contributed by atoms with E-state index in [0.717, 1.165) is 30.9 Å². The molecule has 76 valence electrons. The van der Waals surface area contributed by atoms with Gasteiger partial charge in [0, 0.05) is 19.1 Å². The van der Waals surface area contributed by atoms with Crippen molar-refractivity contribution in [2.24, 2.45) is 5.73 Å². The van der Waals surface area contributed by atoms with E-state index in [1.165, 1.54) is 6.20 Å². The zero-order valence-electron chi connectivity index (χ0n) is 7.72. The quantitative estimate of drug-likeness (QED) is 0.754. The highest BCUT2D eigenvalue weighted by molar-refractivity contribution is 7.07. The summed E-state index contributed by atoms with van der Waals surface area (Å²) in [5.74, 6) is 0.0213. The summed E-state index contributed by atoms with van der Waals surface area (Å²) < 4.78 is 3.68. The highest BCUT2D eigenvalue weighted by Gasteiger charge is 2.29. The number of rotatable bonds is 2. The van der Waals surface area contributed by atoms with Gasteiger partial charge in [-0.05, 0) is 24.4 Å². The molecule has 1 saturated heterocycles. The molecule has 2 N–H and O–H groups in total. The summed E-state index contributed by atoms with van der Waals surface area (Å²) >= 11 is 1.14. The van der Waals surface area contributed by atoms with Gasteiger partial charge in [-0.1, -0.05) is 4.49 Å². The standard InChI is InChI=1S/C8H12N4OS/c9-4-6-2-1-3-12(6)8(13)7-5-10-11-14-7/h5-6H,1-4,9H2. The van der Waals surface area contributed by atoms with Crippen LogP contribution in [0.15, 0.2) is 6.20 Å². The third-order valence-electron chi connectivity index (χ3n) is 2.48. The minimum Gasteiger partial charge on any atom is -0.334 e. The first-order chi connectivity index (χ1) is 6.83. The Balaban J connectivity index is 2.11. The molecule has 1 unspecified atom stereocenters. The third kappa shape index (κ3) is 1.62. The van der Waals surface area contributed by atoms with E-state index in [2.05, 4.69) is 9.59 Å². The van der Waals surface area contributed by atoms with Crippen LogP contribution in [0.25, 0.3) is 0 Å². The SMILES string of the molecule is NCC1CCCN1C(=O)c1cnns1. The molecule has 0 bridgehead atoms. The van der Waals surface area contributed by atoms with Gasteiger partial charge in [0.15, 0.2) is 0 Å². The first-order valence-corrected chi connectivity index (χ1v) is 5.38. The molecule has 2 heterocycles. The van der Waals surface area contributed by atoms with Crippen LogP contribution in [-0.4, -0.2) is 39.5 Å². The van der Waals surface area contributed by atoms with Crippen LogP contribution in [0, 0.1) is 0 Å². The van der Waals surface area contributed by atoms with Gasteiger partial charge in [0.2, 0.25) is 0 Å². The fourth-order valence-electron chi connectivity index (χ4n) is 1.75. The molecule has 5 nitrogen and oxygen atoms in total. The maximum Gasteiger partial charge on any atom is 0.267 e. The Morgan fingerprint density at radius 2 is 2.64 bits per heavy atom. The van der Waals surface area contributed by atoms with Crippen molar-refractivity contribution in [2.75, 3.05) is 13.1 Å². The van der Waals surface area contributed by atoms with Crippen LogP contribution in [0.4, 0.5) is 0 Å². The highest BCUT2D eigenvalue weighted by atomic mass is 32.1. The number of hydrogen-bond acceptors (Lipinski definition) is 5. The lowest BCUT2D eigenvalue weighted by atomic mass is 10.2. The summed E-state index contributed by atoms with van der Waals surface area (Å²) in [6.45, 7) is 1.34. The van der Waals surface area contributed by atoms with Crippen LogP contribution in [-0.2, 0) is 0 Å². The number of aromatic nitrogens is 2. The summed E-state index contributed by atoms with van der Waals surface area (Å²) in [6.07, 6.45) is 3.56. The maximum absolute atomic E-state index is 11.9. The Kier molecular flexibility index (Phi) is 2.74. The first kappa shape index (κ1) is 9.54. The van der Waals surface area contributed by atoms with Crippen LogP contribution < -0.4 is 5.73 Å². The second kappa shape index (κ2) is 4.02. The van der Waals surface area contributed by atoms with Crippen molar-refractivity contribution in [2.45, 2.75) is 18.9 Å². The summed E-state index contributed by atoms with van der Waals surface area (Å²) in [5.41, 5.74) is 5.59. The summed E-state index contributed by atoms with van der Waals surface area (Å²) in [6, 6.07) is 0.199. The molecular weight excluding hydrogens is 200 g/mol. The maximum atomic E-state index is 11.9. The van der Waals surface area contributed by atoms with Crippen LogP contribution in [0.2, 0.25) is 0 Å². The Bertz CT molecular complexity index is 313. The molecule has 6 heteroatoms. The van der Waals surface area contributed by atoms with Crippen LogP contribution >= 0.6 is 11.5 Å². The van der Waals surface area contributed by atoms with E-state index in [4.69, 9.17) is 5.73 Å². The van der Waals surface area contributed by atoms with Gasteiger partial charge in [0.25, 0.3) is 5.91 Å². The van der Waals surface area contributed by atoms with Crippen molar-refractivity contribution < 1.29 is 4.79 Å². The predicted molar refractivity (Wildman–Crippen MR) is 53.0 cm³/mol. The van der Waals surface area contributed by atoms with E-state index in [-0.39, 0.29) is 11.9 Å². The largest absolute Gasteiger partial charge is 0.334 e. The predicted octanol–water partition coefficient (Wildman–Crippen LogP) is 0.101. The normalized spacial score (nSPS) is 21.5. The van der Waals surface area contributed by atoms with E-state index < -0.39 is 0 Å². The molecule has 0 saturated carbocycles. The Labute approximate surface area is 86.1 Å². The molecule has 1 aliphatic rings. The van der Waals surface area contributed by atoms with E-state index in [0.29, 0.717) is 11.4 Å². The molecule has 0 radical (unpaired) electrons. The van der Waals surface area contributed by atoms with Gasteiger partial charge < -0.3 is 10.6 Å². The van der Waals surface area contributed by atoms with Crippen LogP contribution in [0.3, 0.4) is 0 Å². The summed E-state index contributed by atoms with van der Waals surface area (Å²) in [4.78, 5) is 14.3. The lowest BCUT2D eigenvalue weighted by molar-refractivity contribution is 0.0746. The molecule has 1 aromatic rings. The minimum atomic E-state index is 0.0213. The number of amides is 1. The van der Waals surface area contributed by atoms with Crippen molar-refractivity contribution in [1.29, 1.82) is 0 Å². The molecule has 0 aromatic carbocycles. The van der Waals surface area contributed by atoms with Crippen molar-refractivity contribution in [3.63, 3.8) is 0 Å². The van der Waals surface area contributed by atoms with E-state index in [1.54, 1.807) is 0 Å². The molecule has 1 aromatic heterocycles. The molecule has 1 aliphatic heterocycles. The van der Waals surface area contributed by atoms with Gasteiger partial charge in [-0.2, -0.15) is 0 Å². The van der Waals surface area contributed by atoms with Crippen molar-refractivity contribution >= 4 is 17.4 Å². The van der Waals surface area contributed by atoms with Crippen LogP contribution in [0.5, 0.6) is 0 Å². The molecule has 1 amide bonds. The second-order valence-electron chi connectivity index (χ2n) is 3.31. The monoisotopic (exact) mass is 212 g/mol. The average Bonchev–Trinajstić information content (AvgIpc) is 2.87. The lowest BCUT2D eigenvalue weighted by Crippen LogP contribution is -2.39. The second-order valence-corrected chi connectivity index (χ2v) is 4.10. The fourth-order valence-corrected chi connectivity index (χ4v) is 2.22. The van der Waals surface area contributed by atoms with E-state index >= 15 is 0 Å². The summed E-state index contributed by atoms with van der Waals surface area (Å²) in [5, 5.41) is 3.66. The van der Waals surface area contributed by atoms with Crippen molar-refractivity contribution in [3.05, 3.63) is 11.1 Å². The Hall–Kier alpha value is -1.01. The molecule has 2 rings (SSSR count). The van der Waals surface area contributed by atoms with Gasteiger partial charge >= 0.3 is 0 Å². The van der Waals surface area contributed by atoms with Crippen molar-refractivity contribution in [3.8, 4) is 0 Å². The third-order valence-corrected chi connectivity index (χ3v) is 3.13. The highest BCUT2D eigenvalue weighted by Crippen LogP contribution is 2.19. The van der Waals surface area contributed by atoms with Gasteiger partial charge in [-0.25, -0.2) is 0 Å². The number of nitrogens with zero attached hydrogens (tertiary/aromatic N) is 3. The zero-order valence-corrected chi connectivity index (χ0v) is 8.54. The number of likely N-dealkylation sites (tertiary alicyclic amines) is 1. The summed E-state index contributed by atoms with van der Waals surface area (Å²) in [7, 11) is 0. The van der Waals surface area contributed by atoms with Gasteiger partial charge in [0.05, 0.1) is 6.20 Å². The molecular formula is C8H12N4OS. The molecule has 0 spiro atoms. The van der Waals surface area contributed by atoms with Gasteiger partial charge in [0.1, 0.15) is 4.88 Å². The Morgan fingerprint density at radius 3 is 3.29 bits per heavy atom. The minimum absolute atomic E-state index is 0.0213. The molecule has 0 aliphatic carbocycles. The lowest BCUT2D eigenvalue weighted by Gasteiger charge is -2.22. The fraction of sp³-hybridized carbons (Fsp3) is 0.625.